The molecule has 0 saturated heterocycles. The third-order valence-electron chi connectivity index (χ3n) is 1.90. The van der Waals surface area contributed by atoms with E-state index in [-0.39, 0.29) is 5.56 Å². The van der Waals surface area contributed by atoms with Crippen LogP contribution >= 0.6 is 11.8 Å². The maximum absolute atomic E-state index is 11.2. The van der Waals surface area contributed by atoms with E-state index in [9.17, 15) is 4.79 Å². The van der Waals surface area contributed by atoms with Gasteiger partial charge in [-0.05, 0) is 24.8 Å². The monoisotopic (exact) mass is 250 g/mol. The third kappa shape index (κ3) is 2.53. The number of nitrogens with zero attached hydrogens (tertiary/aromatic N) is 3. The van der Waals surface area contributed by atoms with Gasteiger partial charge in [-0.3, -0.25) is 9.89 Å². The number of amides is 1. The van der Waals surface area contributed by atoms with Crippen molar-refractivity contribution < 1.29 is 4.79 Å². The fourth-order valence-corrected chi connectivity index (χ4v) is 2.00. The second-order valence-electron chi connectivity index (χ2n) is 3.29. The number of anilines is 1. The molecule has 0 bridgehead atoms. The molecule has 2 aromatic rings. The van der Waals surface area contributed by atoms with Gasteiger partial charge in [-0.25, -0.2) is 9.97 Å². The number of hydrogen-bond acceptors (Lipinski definition) is 6. The number of carbonyl (C=O) groups excluding carboxylic acids is 1. The number of aromatic amines is 1. The van der Waals surface area contributed by atoms with E-state index >= 15 is 0 Å². The number of nitrogens with two attached hydrogens (primary N) is 2. The Labute approximate surface area is 101 Å². The van der Waals surface area contributed by atoms with Crippen LogP contribution in [0.15, 0.2) is 22.4 Å². The average molecular weight is 250 g/mol. The van der Waals surface area contributed by atoms with E-state index in [1.54, 1.807) is 6.92 Å². The van der Waals surface area contributed by atoms with Gasteiger partial charge in [0, 0.05) is 0 Å². The Bertz CT molecular complexity index is 566. The molecule has 0 aliphatic carbocycles. The zero-order chi connectivity index (χ0) is 12.4. The first-order valence-electron chi connectivity index (χ1n) is 4.68. The largest absolute Gasteiger partial charge is 0.397 e. The van der Waals surface area contributed by atoms with Crippen LogP contribution in [0.5, 0.6) is 0 Å². The second-order valence-corrected chi connectivity index (χ2v) is 4.25. The number of nitrogens with one attached hydrogen (secondary N) is 1. The predicted molar refractivity (Wildman–Crippen MR) is 62.4 cm³/mol. The molecule has 0 fully saturated rings. The third-order valence-corrected chi connectivity index (χ3v) is 2.79. The Balaban J connectivity index is 2.35. The van der Waals surface area contributed by atoms with Gasteiger partial charge in [-0.15, -0.1) is 5.10 Å². The van der Waals surface area contributed by atoms with E-state index < -0.39 is 5.91 Å². The fraction of sp³-hybridized carbons (Fsp3) is 0.111. The Morgan fingerprint density at radius 2 is 2.29 bits per heavy atom. The van der Waals surface area contributed by atoms with Gasteiger partial charge in [0.1, 0.15) is 10.9 Å². The molecular formula is C9H10N6OS. The first-order valence-corrected chi connectivity index (χ1v) is 5.50. The smallest absolute Gasteiger partial charge is 0.251 e. The fourth-order valence-electron chi connectivity index (χ4n) is 1.18. The maximum atomic E-state index is 11.2. The summed E-state index contributed by atoms with van der Waals surface area (Å²) in [5.41, 5.74) is 11.4. The molecule has 0 atom stereocenters. The first kappa shape index (κ1) is 11.4. The summed E-state index contributed by atoms with van der Waals surface area (Å²) >= 11 is 1.15. The van der Waals surface area contributed by atoms with Gasteiger partial charge in [-0.2, -0.15) is 0 Å². The van der Waals surface area contributed by atoms with Crippen molar-refractivity contribution in [1.82, 2.24) is 20.2 Å². The normalized spacial score (nSPS) is 10.4. The van der Waals surface area contributed by atoms with Crippen LogP contribution in [0.3, 0.4) is 0 Å². The summed E-state index contributed by atoms with van der Waals surface area (Å²) < 4.78 is 0. The molecule has 0 unspecified atom stereocenters. The molecular weight excluding hydrogens is 240 g/mol. The van der Waals surface area contributed by atoms with E-state index in [1.807, 2.05) is 0 Å². The van der Waals surface area contributed by atoms with Gasteiger partial charge >= 0.3 is 0 Å². The highest BCUT2D eigenvalue weighted by molar-refractivity contribution is 7.99. The molecule has 0 saturated carbocycles. The van der Waals surface area contributed by atoms with E-state index in [1.165, 1.54) is 12.3 Å². The van der Waals surface area contributed by atoms with Crippen molar-refractivity contribution in [1.29, 1.82) is 0 Å². The lowest BCUT2D eigenvalue weighted by molar-refractivity contribution is 0.0997. The molecule has 2 aromatic heterocycles. The highest BCUT2D eigenvalue weighted by Gasteiger charge is 2.13. The predicted octanol–water partition coefficient (Wildman–Crippen LogP) is 0.340. The molecule has 0 aromatic carbocycles. The zero-order valence-electron chi connectivity index (χ0n) is 8.97. The lowest BCUT2D eigenvalue weighted by Gasteiger charge is -2.03. The van der Waals surface area contributed by atoms with E-state index in [4.69, 9.17) is 11.5 Å². The number of H-pyrrole nitrogens is 1. The number of carbonyl (C=O) groups is 1. The van der Waals surface area contributed by atoms with Gasteiger partial charge in [0.2, 0.25) is 5.16 Å². The quantitative estimate of drug-likeness (QED) is 0.721. The van der Waals surface area contributed by atoms with Gasteiger partial charge < -0.3 is 11.5 Å². The van der Waals surface area contributed by atoms with Crippen molar-refractivity contribution in [2.75, 3.05) is 5.73 Å². The van der Waals surface area contributed by atoms with Crippen LogP contribution in [0.2, 0.25) is 0 Å². The minimum Gasteiger partial charge on any atom is -0.397 e. The number of aryl methyl sites for hydroxylation is 1. The van der Waals surface area contributed by atoms with Crippen molar-refractivity contribution in [3.8, 4) is 0 Å². The van der Waals surface area contributed by atoms with Crippen molar-refractivity contribution in [3.63, 3.8) is 0 Å². The number of rotatable bonds is 3. The van der Waals surface area contributed by atoms with Gasteiger partial charge in [0.05, 0.1) is 17.4 Å². The van der Waals surface area contributed by atoms with E-state index in [0.717, 1.165) is 11.8 Å². The molecule has 5 N–H and O–H groups in total. The highest BCUT2D eigenvalue weighted by atomic mass is 32.2. The van der Waals surface area contributed by atoms with Crippen molar-refractivity contribution in [3.05, 3.63) is 23.7 Å². The number of hydrogen-bond donors (Lipinski definition) is 3. The van der Waals surface area contributed by atoms with Crippen LogP contribution in [-0.2, 0) is 0 Å². The summed E-state index contributed by atoms with van der Waals surface area (Å²) in [6.07, 6.45) is 1.45. The first-order chi connectivity index (χ1) is 8.06. The minimum absolute atomic E-state index is 0.262. The zero-order valence-corrected chi connectivity index (χ0v) is 9.78. The van der Waals surface area contributed by atoms with Crippen LogP contribution in [0.1, 0.15) is 16.2 Å². The topological polar surface area (TPSA) is 124 Å². The number of nitrogen functional groups attached to an aromatic ring is 1. The maximum Gasteiger partial charge on any atom is 0.251 e. The van der Waals surface area contributed by atoms with Crippen LogP contribution in [0.25, 0.3) is 0 Å². The van der Waals surface area contributed by atoms with Crippen molar-refractivity contribution >= 4 is 23.4 Å². The molecule has 0 radical (unpaired) electrons. The lowest BCUT2D eigenvalue weighted by Crippen LogP contribution is -2.13. The average Bonchev–Trinajstić information content (AvgIpc) is 2.66. The summed E-state index contributed by atoms with van der Waals surface area (Å²) in [7, 11) is 0. The molecule has 1 amide bonds. The van der Waals surface area contributed by atoms with E-state index in [2.05, 4.69) is 20.2 Å². The summed E-state index contributed by atoms with van der Waals surface area (Å²) in [6, 6.07) is 1.48. The molecule has 0 aliphatic heterocycles. The molecule has 0 spiro atoms. The molecule has 7 nitrogen and oxygen atoms in total. The highest BCUT2D eigenvalue weighted by Crippen LogP contribution is 2.26. The molecule has 0 aliphatic rings. The summed E-state index contributed by atoms with van der Waals surface area (Å²) in [4.78, 5) is 19.4. The number of aromatic nitrogens is 4. The van der Waals surface area contributed by atoms with Crippen LogP contribution in [0.4, 0.5) is 5.69 Å². The standard InChI is InChI=1S/C9H10N6OS/c1-4-13-9(15-14-4)17-8-6(7(11)16)2-5(10)3-12-8/h2-3H,10H2,1H3,(H2,11,16)(H,13,14,15). The molecule has 8 heteroatoms. The Morgan fingerprint density at radius 3 is 2.88 bits per heavy atom. The SMILES string of the molecule is Cc1nc(Sc2ncc(N)cc2C(N)=O)n[nH]1. The molecule has 2 heterocycles. The Hall–Kier alpha value is -2.09. The minimum atomic E-state index is -0.584. The van der Waals surface area contributed by atoms with Crippen LogP contribution in [0, 0.1) is 6.92 Å². The van der Waals surface area contributed by atoms with Crippen molar-refractivity contribution in [2.24, 2.45) is 5.73 Å². The summed E-state index contributed by atoms with van der Waals surface area (Å²) in [5, 5.41) is 7.55. The van der Waals surface area contributed by atoms with Gasteiger partial charge in [0.25, 0.3) is 5.91 Å². The molecule has 17 heavy (non-hydrogen) atoms. The molecule has 2 rings (SSSR count). The van der Waals surface area contributed by atoms with Crippen molar-refractivity contribution in [2.45, 2.75) is 17.1 Å². The van der Waals surface area contributed by atoms with Gasteiger partial charge in [0.15, 0.2) is 0 Å². The van der Waals surface area contributed by atoms with Crippen LogP contribution < -0.4 is 11.5 Å². The molecule has 88 valence electrons. The van der Waals surface area contributed by atoms with Crippen LogP contribution in [-0.4, -0.2) is 26.1 Å². The summed E-state index contributed by atoms with van der Waals surface area (Å²) in [6.45, 7) is 1.78. The Kier molecular flexibility index (Phi) is 2.96. The number of primary amides is 1. The summed E-state index contributed by atoms with van der Waals surface area (Å²) in [5.74, 6) is 0.100. The van der Waals surface area contributed by atoms with Gasteiger partial charge in [-0.1, -0.05) is 0 Å². The Morgan fingerprint density at radius 1 is 1.53 bits per heavy atom. The number of pyridine rings is 1. The lowest BCUT2D eigenvalue weighted by atomic mass is 10.2. The van der Waals surface area contributed by atoms with E-state index in [0.29, 0.717) is 21.7 Å². The second kappa shape index (κ2) is 4.42.